The normalized spacial score (nSPS) is 21.6. The van der Waals surface area contributed by atoms with Gasteiger partial charge in [0.25, 0.3) is 0 Å². The molecule has 170 valence electrons. The van der Waals surface area contributed by atoms with Crippen molar-refractivity contribution in [3.63, 3.8) is 0 Å². The third-order valence-corrected chi connectivity index (χ3v) is 5.65. The van der Waals surface area contributed by atoms with Gasteiger partial charge in [-0.2, -0.15) is 0 Å². The summed E-state index contributed by atoms with van der Waals surface area (Å²) >= 11 is 0. The summed E-state index contributed by atoms with van der Waals surface area (Å²) in [5, 5.41) is 15.5. The summed E-state index contributed by atoms with van der Waals surface area (Å²) in [6.07, 6.45) is -1.10. The van der Waals surface area contributed by atoms with Gasteiger partial charge in [-0.05, 0) is 43.0 Å². The quantitative estimate of drug-likeness (QED) is 0.502. The number of carbonyl (C=O) groups excluding carboxylic acids is 3. The lowest BCUT2D eigenvalue weighted by Gasteiger charge is -2.27. The van der Waals surface area contributed by atoms with E-state index in [4.69, 9.17) is 5.73 Å². The van der Waals surface area contributed by atoms with Gasteiger partial charge in [0.1, 0.15) is 23.8 Å². The van der Waals surface area contributed by atoms with Crippen molar-refractivity contribution in [3.8, 4) is 0 Å². The number of ketones is 1. The smallest absolute Gasteiger partial charge is 0.248 e. The van der Waals surface area contributed by atoms with Crippen LogP contribution in [0.3, 0.4) is 0 Å². The number of halogens is 2. The zero-order chi connectivity index (χ0) is 23.5. The molecular formula is C23H25F2N3O4. The average Bonchev–Trinajstić information content (AvgIpc) is 2.94. The van der Waals surface area contributed by atoms with Crippen molar-refractivity contribution < 1.29 is 28.3 Å². The fraction of sp³-hybridized carbons (Fsp3) is 0.348. The van der Waals surface area contributed by atoms with Crippen LogP contribution in [-0.2, 0) is 14.4 Å². The Morgan fingerprint density at radius 2 is 1.78 bits per heavy atom. The van der Waals surface area contributed by atoms with Gasteiger partial charge in [0.05, 0.1) is 0 Å². The SMILES string of the molecule is C[C@](N)(C(=O)N[C@H]1CC[C@H](c2ccccc2)CNC1=O)C(=O)[C@H](O)c1cc(F)cc(F)c1. The first kappa shape index (κ1) is 23.5. The lowest BCUT2D eigenvalue weighted by Crippen LogP contribution is -2.61. The zero-order valence-electron chi connectivity index (χ0n) is 17.5. The van der Waals surface area contributed by atoms with Crippen molar-refractivity contribution in [1.29, 1.82) is 0 Å². The fourth-order valence-electron chi connectivity index (χ4n) is 3.68. The van der Waals surface area contributed by atoms with Crippen LogP contribution in [0.25, 0.3) is 0 Å². The van der Waals surface area contributed by atoms with Crippen LogP contribution in [0.5, 0.6) is 0 Å². The number of hydrogen-bond acceptors (Lipinski definition) is 5. The maximum Gasteiger partial charge on any atom is 0.248 e. The molecule has 1 aliphatic heterocycles. The number of nitrogens with two attached hydrogens (primary N) is 1. The minimum absolute atomic E-state index is 0.0673. The van der Waals surface area contributed by atoms with Gasteiger partial charge in [0, 0.05) is 18.5 Å². The molecule has 1 fully saturated rings. The maximum atomic E-state index is 13.4. The van der Waals surface area contributed by atoms with E-state index >= 15 is 0 Å². The predicted octanol–water partition coefficient (Wildman–Crippen LogP) is 1.46. The third kappa shape index (κ3) is 5.17. The molecule has 9 heteroatoms. The molecule has 2 aromatic rings. The number of Topliss-reactive ketones (excluding diaryl/α,β-unsaturated/α-hetero) is 1. The van der Waals surface area contributed by atoms with E-state index in [1.807, 2.05) is 30.3 Å². The van der Waals surface area contributed by atoms with E-state index in [-0.39, 0.29) is 11.5 Å². The molecule has 0 bridgehead atoms. The molecule has 0 aromatic heterocycles. The van der Waals surface area contributed by atoms with E-state index in [1.165, 1.54) is 0 Å². The maximum absolute atomic E-state index is 13.4. The van der Waals surface area contributed by atoms with Crippen molar-refractivity contribution >= 4 is 17.6 Å². The number of hydrogen-bond donors (Lipinski definition) is 4. The molecule has 1 saturated heterocycles. The van der Waals surface area contributed by atoms with E-state index in [2.05, 4.69) is 10.6 Å². The molecule has 3 rings (SSSR count). The van der Waals surface area contributed by atoms with Crippen molar-refractivity contribution in [3.05, 3.63) is 71.3 Å². The molecule has 1 aliphatic rings. The van der Waals surface area contributed by atoms with E-state index in [0.717, 1.165) is 24.6 Å². The Bertz CT molecular complexity index is 993. The first-order valence-corrected chi connectivity index (χ1v) is 10.2. The Morgan fingerprint density at radius 3 is 2.41 bits per heavy atom. The summed E-state index contributed by atoms with van der Waals surface area (Å²) in [4.78, 5) is 37.9. The highest BCUT2D eigenvalue weighted by Gasteiger charge is 2.42. The number of nitrogens with one attached hydrogen (secondary N) is 2. The highest BCUT2D eigenvalue weighted by atomic mass is 19.1. The Morgan fingerprint density at radius 1 is 1.16 bits per heavy atom. The van der Waals surface area contributed by atoms with Gasteiger partial charge < -0.3 is 21.5 Å². The molecule has 0 saturated carbocycles. The largest absolute Gasteiger partial charge is 0.380 e. The summed E-state index contributed by atoms with van der Waals surface area (Å²) in [5.74, 6) is -4.45. The highest BCUT2D eigenvalue weighted by molar-refractivity contribution is 6.12. The standard InChI is InChI=1S/C23H25F2N3O4/c1-23(26,20(30)19(29)15-9-16(24)11-17(25)10-15)22(32)28-18-8-7-14(12-27-21(18)31)13-5-3-2-4-6-13/h2-6,9-11,14,18-19,29H,7-8,12,26H2,1H3,(H,27,31)(H,28,32)/t14-,18-,19+,23+/m0/s1. The molecule has 5 N–H and O–H groups in total. The summed E-state index contributed by atoms with van der Waals surface area (Å²) < 4.78 is 26.9. The highest BCUT2D eigenvalue weighted by Crippen LogP contribution is 2.25. The van der Waals surface area contributed by atoms with Crippen LogP contribution in [0.15, 0.2) is 48.5 Å². The minimum atomic E-state index is -2.24. The van der Waals surface area contributed by atoms with Crippen molar-refractivity contribution in [2.24, 2.45) is 5.73 Å². The number of aliphatic hydroxyl groups excluding tert-OH is 1. The van der Waals surface area contributed by atoms with Gasteiger partial charge >= 0.3 is 0 Å². The number of amides is 2. The number of rotatable bonds is 6. The molecule has 7 nitrogen and oxygen atoms in total. The van der Waals surface area contributed by atoms with E-state index in [0.29, 0.717) is 25.5 Å². The van der Waals surface area contributed by atoms with Crippen LogP contribution in [0.2, 0.25) is 0 Å². The molecule has 32 heavy (non-hydrogen) atoms. The lowest BCUT2D eigenvalue weighted by molar-refractivity contribution is -0.142. The molecule has 0 radical (unpaired) electrons. The first-order chi connectivity index (χ1) is 15.1. The van der Waals surface area contributed by atoms with Crippen LogP contribution in [0.1, 0.15) is 42.9 Å². The second-order valence-electron chi connectivity index (χ2n) is 8.13. The van der Waals surface area contributed by atoms with Gasteiger partial charge in [-0.3, -0.25) is 14.4 Å². The predicted molar refractivity (Wildman–Crippen MR) is 112 cm³/mol. The Balaban J connectivity index is 1.69. The van der Waals surface area contributed by atoms with Crippen molar-refractivity contribution in [1.82, 2.24) is 10.6 Å². The van der Waals surface area contributed by atoms with Crippen LogP contribution in [-0.4, -0.2) is 40.8 Å². The lowest BCUT2D eigenvalue weighted by atomic mass is 9.89. The van der Waals surface area contributed by atoms with E-state index < -0.39 is 46.9 Å². The molecule has 4 atom stereocenters. The molecule has 2 amide bonds. The number of carbonyl (C=O) groups is 3. The van der Waals surface area contributed by atoms with Gasteiger partial charge in [-0.1, -0.05) is 30.3 Å². The van der Waals surface area contributed by atoms with E-state index in [9.17, 15) is 28.3 Å². The average molecular weight is 445 g/mol. The molecule has 2 aromatic carbocycles. The van der Waals surface area contributed by atoms with Gasteiger partial charge in [-0.25, -0.2) is 8.78 Å². The molecule has 0 spiro atoms. The summed E-state index contributed by atoms with van der Waals surface area (Å²) in [7, 11) is 0. The van der Waals surface area contributed by atoms with Crippen LogP contribution < -0.4 is 16.4 Å². The second kappa shape index (κ2) is 9.54. The third-order valence-electron chi connectivity index (χ3n) is 5.65. The topological polar surface area (TPSA) is 122 Å². The van der Waals surface area contributed by atoms with Crippen molar-refractivity contribution in [2.45, 2.75) is 43.4 Å². The Hall–Kier alpha value is -3.17. The Kier molecular flexibility index (Phi) is 7.00. The Labute approximate surface area is 184 Å². The summed E-state index contributed by atoms with van der Waals surface area (Å²) in [6.45, 7) is 1.48. The minimum Gasteiger partial charge on any atom is -0.380 e. The van der Waals surface area contributed by atoms with Gasteiger partial charge in [0.2, 0.25) is 11.8 Å². The van der Waals surface area contributed by atoms with Crippen LogP contribution in [0, 0.1) is 11.6 Å². The van der Waals surface area contributed by atoms with Gasteiger partial charge in [-0.15, -0.1) is 0 Å². The summed E-state index contributed by atoms with van der Waals surface area (Å²) in [5.41, 5.74) is 4.35. The number of benzene rings is 2. The van der Waals surface area contributed by atoms with E-state index in [1.54, 1.807) is 0 Å². The van der Waals surface area contributed by atoms with Gasteiger partial charge in [0.15, 0.2) is 11.3 Å². The fourth-order valence-corrected chi connectivity index (χ4v) is 3.68. The monoisotopic (exact) mass is 445 g/mol. The first-order valence-electron chi connectivity index (χ1n) is 10.2. The number of aliphatic hydroxyl groups is 1. The molecule has 0 unspecified atom stereocenters. The summed E-state index contributed by atoms with van der Waals surface area (Å²) in [6, 6.07) is 10.9. The zero-order valence-corrected chi connectivity index (χ0v) is 17.5. The second-order valence-corrected chi connectivity index (χ2v) is 8.13. The van der Waals surface area contributed by atoms with Crippen LogP contribution in [0.4, 0.5) is 8.78 Å². The molecular weight excluding hydrogens is 420 g/mol. The molecule has 0 aliphatic carbocycles. The van der Waals surface area contributed by atoms with Crippen molar-refractivity contribution in [2.75, 3.05) is 6.54 Å². The van der Waals surface area contributed by atoms with Crippen LogP contribution >= 0.6 is 0 Å². The molecule has 1 heterocycles.